The topological polar surface area (TPSA) is 71.5 Å². The van der Waals surface area contributed by atoms with Crippen LogP contribution >= 0.6 is 0 Å². The monoisotopic (exact) mass is 325 g/mol. The van der Waals surface area contributed by atoms with Gasteiger partial charge in [0.2, 0.25) is 0 Å². The molecule has 0 atom stereocenters. The number of aliphatic imine (C=N–C) groups is 1. The number of hydrogen-bond acceptors (Lipinski definition) is 3. The van der Waals surface area contributed by atoms with Gasteiger partial charge >= 0.3 is 0 Å². The van der Waals surface area contributed by atoms with Crippen LogP contribution in [0.15, 0.2) is 47.8 Å². The van der Waals surface area contributed by atoms with Crippen molar-refractivity contribution in [3.05, 3.63) is 54.2 Å². The van der Waals surface area contributed by atoms with Crippen LogP contribution in [0.25, 0.3) is 5.65 Å². The summed E-state index contributed by atoms with van der Waals surface area (Å²) < 4.78 is 3.88. The fraction of sp³-hybridized carbons (Fsp3) is 0.353. The maximum absolute atomic E-state index is 4.60. The second kappa shape index (κ2) is 7.63. The zero-order chi connectivity index (χ0) is 16.8. The van der Waals surface area contributed by atoms with Gasteiger partial charge in [0.15, 0.2) is 5.96 Å². The second-order valence-electron chi connectivity index (χ2n) is 5.52. The number of nitrogens with one attached hydrogen (secondary N) is 2. The minimum absolute atomic E-state index is 0.597. The van der Waals surface area contributed by atoms with E-state index in [-0.39, 0.29) is 0 Å². The first-order chi connectivity index (χ1) is 11.8. The van der Waals surface area contributed by atoms with Crippen LogP contribution in [0, 0.1) is 0 Å². The summed E-state index contributed by atoms with van der Waals surface area (Å²) in [6, 6.07) is 7.99. The summed E-state index contributed by atoms with van der Waals surface area (Å²) in [6.07, 6.45) is 6.71. The standard InChI is InChI=1S/C17H23N7/c1-3-18-17(20-12-15-8-10-21-23(15)2)19-9-7-14-13-24-11-5-4-6-16(24)22-14/h4-6,8,10-11,13H,3,7,9,12H2,1-2H3,(H2,18,19,20). The van der Waals surface area contributed by atoms with E-state index in [0.29, 0.717) is 6.54 Å². The van der Waals surface area contributed by atoms with Crippen molar-refractivity contribution in [2.24, 2.45) is 12.0 Å². The molecular formula is C17H23N7. The third-order valence-corrected chi connectivity index (χ3v) is 3.75. The minimum Gasteiger partial charge on any atom is -0.357 e. The molecule has 0 saturated carbocycles. The Hall–Kier alpha value is -2.83. The largest absolute Gasteiger partial charge is 0.357 e. The smallest absolute Gasteiger partial charge is 0.191 e. The summed E-state index contributed by atoms with van der Waals surface area (Å²) >= 11 is 0. The number of guanidine groups is 1. The lowest BCUT2D eigenvalue weighted by Gasteiger charge is -2.10. The van der Waals surface area contributed by atoms with E-state index >= 15 is 0 Å². The zero-order valence-electron chi connectivity index (χ0n) is 14.1. The Morgan fingerprint density at radius 3 is 2.92 bits per heavy atom. The molecule has 3 rings (SSSR count). The molecule has 3 heterocycles. The van der Waals surface area contributed by atoms with Gasteiger partial charge < -0.3 is 15.0 Å². The highest BCUT2D eigenvalue weighted by atomic mass is 15.3. The third-order valence-electron chi connectivity index (χ3n) is 3.75. The summed E-state index contributed by atoms with van der Waals surface area (Å²) in [5.41, 5.74) is 3.12. The van der Waals surface area contributed by atoms with Gasteiger partial charge in [0, 0.05) is 45.1 Å². The van der Waals surface area contributed by atoms with Gasteiger partial charge in [-0.25, -0.2) is 9.98 Å². The van der Waals surface area contributed by atoms with Crippen LogP contribution in [0.4, 0.5) is 0 Å². The molecule has 3 aromatic heterocycles. The lowest BCUT2D eigenvalue weighted by Crippen LogP contribution is -2.38. The van der Waals surface area contributed by atoms with E-state index in [9.17, 15) is 0 Å². The van der Waals surface area contributed by atoms with Crippen molar-refractivity contribution < 1.29 is 0 Å². The van der Waals surface area contributed by atoms with Gasteiger partial charge in [-0.3, -0.25) is 4.68 Å². The van der Waals surface area contributed by atoms with Crippen LogP contribution in [0.2, 0.25) is 0 Å². The van der Waals surface area contributed by atoms with Crippen LogP contribution in [-0.2, 0) is 20.0 Å². The highest BCUT2D eigenvalue weighted by molar-refractivity contribution is 5.79. The molecule has 0 aromatic carbocycles. The van der Waals surface area contributed by atoms with Crippen molar-refractivity contribution >= 4 is 11.6 Å². The molecule has 0 aliphatic heterocycles. The van der Waals surface area contributed by atoms with E-state index in [4.69, 9.17) is 0 Å². The van der Waals surface area contributed by atoms with Crippen LogP contribution in [-0.4, -0.2) is 38.2 Å². The van der Waals surface area contributed by atoms with E-state index in [1.54, 1.807) is 6.20 Å². The van der Waals surface area contributed by atoms with Gasteiger partial charge in [-0.15, -0.1) is 0 Å². The van der Waals surface area contributed by atoms with Crippen molar-refractivity contribution in [3.8, 4) is 0 Å². The first-order valence-corrected chi connectivity index (χ1v) is 8.18. The highest BCUT2D eigenvalue weighted by Crippen LogP contribution is 2.04. The van der Waals surface area contributed by atoms with E-state index in [1.165, 1.54) is 0 Å². The first-order valence-electron chi connectivity index (χ1n) is 8.18. The Labute approximate surface area is 141 Å². The molecular weight excluding hydrogens is 302 g/mol. The highest BCUT2D eigenvalue weighted by Gasteiger charge is 2.03. The molecule has 7 nitrogen and oxygen atoms in total. The number of fused-ring (bicyclic) bond motifs is 1. The van der Waals surface area contributed by atoms with Gasteiger partial charge in [0.1, 0.15) is 5.65 Å². The van der Waals surface area contributed by atoms with Gasteiger partial charge in [-0.05, 0) is 25.1 Å². The van der Waals surface area contributed by atoms with E-state index in [0.717, 1.165) is 42.5 Å². The molecule has 0 aliphatic rings. The molecule has 3 aromatic rings. The number of aryl methyl sites for hydroxylation is 1. The molecule has 0 saturated heterocycles. The predicted octanol–water partition coefficient (Wildman–Crippen LogP) is 1.37. The summed E-state index contributed by atoms with van der Waals surface area (Å²) in [7, 11) is 1.93. The number of imidazole rings is 1. The molecule has 0 amide bonds. The molecule has 0 radical (unpaired) electrons. The number of rotatable bonds is 6. The molecule has 7 heteroatoms. The maximum Gasteiger partial charge on any atom is 0.191 e. The van der Waals surface area contributed by atoms with Crippen LogP contribution in [0.5, 0.6) is 0 Å². The van der Waals surface area contributed by atoms with Gasteiger partial charge in [0.05, 0.1) is 17.9 Å². The summed E-state index contributed by atoms with van der Waals surface area (Å²) in [5, 5.41) is 10.8. The average Bonchev–Trinajstić information content (AvgIpc) is 3.18. The molecule has 0 spiro atoms. The van der Waals surface area contributed by atoms with Crippen molar-refractivity contribution in [1.29, 1.82) is 0 Å². The summed E-state index contributed by atoms with van der Waals surface area (Å²) in [6.45, 7) is 4.26. The molecule has 24 heavy (non-hydrogen) atoms. The number of nitrogens with zero attached hydrogens (tertiary/aromatic N) is 5. The fourth-order valence-electron chi connectivity index (χ4n) is 2.47. The van der Waals surface area contributed by atoms with Crippen molar-refractivity contribution in [2.75, 3.05) is 13.1 Å². The molecule has 0 aliphatic carbocycles. The number of aromatic nitrogens is 4. The van der Waals surface area contributed by atoms with E-state index in [2.05, 4.69) is 38.8 Å². The minimum atomic E-state index is 0.597. The summed E-state index contributed by atoms with van der Waals surface area (Å²) in [5.74, 6) is 0.808. The zero-order valence-corrected chi connectivity index (χ0v) is 14.1. The molecule has 2 N–H and O–H groups in total. The Kier molecular flexibility index (Phi) is 5.10. The van der Waals surface area contributed by atoms with Gasteiger partial charge in [0.25, 0.3) is 0 Å². The molecule has 0 bridgehead atoms. The van der Waals surface area contributed by atoms with Crippen molar-refractivity contribution in [1.82, 2.24) is 29.8 Å². The van der Waals surface area contributed by atoms with E-state index < -0.39 is 0 Å². The second-order valence-corrected chi connectivity index (χ2v) is 5.52. The Morgan fingerprint density at radius 2 is 2.17 bits per heavy atom. The van der Waals surface area contributed by atoms with Crippen LogP contribution in [0.1, 0.15) is 18.3 Å². The normalized spacial score (nSPS) is 11.8. The SMILES string of the molecule is CCNC(=NCc1ccnn1C)NCCc1cn2ccccc2n1. The molecule has 0 fully saturated rings. The molecule has 126 valence electrons. The Balaban J connectivity index is 1.56. The fourth-order valence-corrected chi connectivity index (χ4v) is 2.47. The predicted molar refractivity (Wildman–Crippen MR) is 94.9 cm³/mol. The van der Waals surface area contributed by atoms with Gasteiger partial charge in [-0.1, -0.05) is 6.07 Å². The summed E-state index contributed by atoms with van der Waals surface area (Å²) in [4.78, 5) is 9.20. The first kappa shape index (κ1) is 16.0. The van der Waals surface area contributed by atoms with E-state index in [1.807, 2.05) is 46.6 Å². The van der Waals surface area contributed by atoms with Crippen LogP contribution < -0.4 is 10.6 Å². The van der Waals surface area contributed by atoms with Crippen LogP contribution in [0.3, 0.4) is 0 Å². The third kappa shape index (κ3) is 3.92. The van der Waals surface area contributed by atoms with Gasteiger partial charge in [-0.2, -0.15) is 5.10 Å². The lowest BCUT2D eigenvalue weighted by atomic mass is 10.3. The lowest BCUT2D eigenvalue weighted by molar-refractivity contribution is 0.706. The Bertz CT molecular complexity index is 782. The Morgan fingerprint density at radius 1 is 1.25 bits per heavy atom. The maximum atomic E-state index is 4.60. The number of pyridine rings is 1. The quantitative estimate of drug-likeness (QED) is 0.530. The molecule has 0 unspecified atom stereocenters. The van der Waals surface area contributed by atoms with Crippen molar-refractivity contribution in [2.45, 2.75) is 19.9 Å². The number of hydrogen-bond donors (Lipinski definition) is 2. The average molecular weight is 325 g/mol. The van der Waals surface area contributed by atoms with Crippen molar-refractivity contribution in [3.63, 3.8) is 0 Å².